The molecule has 3 heteroatoms. The highest BCUT2D eigenvalue weighted by Crippen LogP contribution is 2.70. The van der Waals surface area contributed by atoms with Crippen LogP contribution in [0.5, 0.6) is 0 Å². The van der Waals surface area contributed by atoms with Crippen LogP contribution in [0.3, 0.4) is 0 Å². The normalized spacial score (nSPS) is 59.8. The fraction of sp³-hybridized carbons (Fsp3) is 0.926. The number of aliphatic hydroxyl groups is 1. The van der Waals surface area contributed by atoms with Gasteiger partial charge in [0, 0.05) is 12.5 Å². The number of piperidine rings is 1. The summed E-state index contributed by atoms with van der Waals surface area (Å²) in [6.45, 7) is 11.2. The fourth-order valence-electron chi connectivity index (χ4n) is 9.84. The maximum atomic E-state index is 10.3. The van der Waals surface area contributed by atoms with Crippen LogP contribution in [0, 0.1) is 46.3 Å². The minimum absolute atomic E-state index is 0.0439. The van der Waals surface area contributed by atoms with E-state index >= 15 is 0 Å². The number of rotatable bonds is 0. The second-order valence-corrected chi connectivity index (χ2v) is 12.8. The van der Waals surface area contributed by atoms with Crippen molar-refractivity contribution < 1.29 is 9.84 Å². The zero-order valence-corrected chi connectivity index (χ0v) is 19.6. The molecule has 2 heterocycles. The highest BCUT2D eigenvalue weighted by molar-refractivity contribution is 5.26. The minimum Gasteiger partial charge on any atom is -0.393 e. The van der Waals surface area contributed by atoms with E-state index in [1.54, 1.807) is 5.57 Å². The minimum atomic E-state index is -0.100. The molecule has 6 rings (SSSR count). The summed E-state index contributed by atoms with van der Waals surface area (Å²) in [5.74, 6) is 4.58. The summed E-state index contributed by atoms with van der Waals surface area (Å²) in [6, 6.07) is 0. The van der Waals surface area contributed by atoms with Gasteiger partial charge >= 0.3 is 0 Å². The summed E-state index contributed by atoms with van der Waals surface area (Å²) < 4.78 is 7.00. The second-order valence-electron chi connectivity index (χ2n) is 12.8. The molecule has 1 spiro atoms. The molecule has 0 aromatic carbocycles. The SMILES string of the molecule is CC1CCC2(NC1)O[C@@H]1C[C@@H]3[C@H]4CC=C5C[C@H](O)CC[C@@]5(C)[C@@H]4CC[C@@]3(C)[C@@H]1[C@H]2C. The van der Waals surface area contributed by atoms with Gasteiger partial charge in [0.15, 0.2) is 0 Å². The van der Waals surface area contributed by atoms with E-state index in [2.05, 4.69) is 39.1 Å². The average molecular weight is 414 g/mol. The third-order valence-electron chi connectivity index (χ3n) is 11.6. The topological polar surface area (TPSA) is 41.5 Å². The van der Waals surface area contributed by atoms with E-state index in [-0.39, 0.29) is 11.8 Å². The maximum absolute atomic E-state index is 10.3. The predicted molar refractivity (Wildman–Crippen MR) is 120 cm³/mol. The molecule has 0 bridgehead atoms. The molecule has 30 heavy (non-hydrogen) atoms. The Kier molecular flexibility index (Phi) is 4.44. The molecule has 2 aliphatic heterocycles. The Labute approximate surface area is 183 Å². The molecule has 2 saturated heterocycles. The maximum Gasteiger partial charge on any atom is 0.122 e. The molecule has 2 N–H and O–H groups in total. The molecule has 11 atom stereocenters. The van der Waals surface area contributed by atoms with E-state index in [9.17, 15) is 5.11 Å². The quantitative estimate of drug-likeness (QED) is 0.530. The third kappa shape index (κ3) is 2.55. The fourth-order valence-corrected chi connectivity index (χ4v) is 9.84. The summed E-state index contributed by atoms with van der Waals surface area (Å²) in [4.78, 5) is 0. The lowest BCUT2D eigenvalue weighted by Crippen LogP contribution is -2.57. The first-order chi connectivity index (χ1) is 14.3. The zero-order valence-electron chi connectivity index (χ0n) is 19.6. The second kappa shape index (κ2) is 6.58. The number of aliphatic hydroxyl groups excluding tert-OH is 1. The van der Waals surface area contributed by atoms with Gasteiger partial charge < -0.3 is 9.84 Å². The molecule has 168 valence electrons. The number of ether oxygens (including phenoxy) is 1. The lowest BCUT2D eigenvalue weighted by atomic mass is 9.47. The smallest absolute Gasteiger partial charge is 0.122 e. The van der Waals surface area contributed by atoms with Gasteiger partial charge in [-0.1, -0.05) is 39.3 Å². The Morgan fingerprint density at radius 1 is 1.07 bits per heavy atom. The summed E-state index contributed by atoms with van der Waals surface area (Å²) in [5, 5.41) is 14.1. The van der Waals surface area contributed by atoms with E-state index < -0.39 is 0 Å². The molecule has 2 unspecified atom stereocenters. The summed E-state index contributed by atoms with van der Waals surface area (Å²) in [6.07, 6.45) is 13.8. The van der Waals surface area contributed by atoms with Crippen molar-refractivity contribution in [2.45, 2.75) is 103 Å². The average Bonchev–Trinajstić information content (AvgIpc) is 3.16. The van der Waals surface area contributed by atoms with Crippen LogP contribution in [0.4, 0.5) is 0 Å². The van der Waals surface area contributed by atoms with E-state index in [4.69, 9.17) is 4.74 Å². The van der Waals surface area contributed by atoms with Crippen LogP contribution in [-0.2, 0) is 4.74 Å². The van der Waals surface area contributed by atoms with Gasteiger partial charge in [0.05, 0.1) is 12.2 Å². The lowest BCUT2D eigenvalue weighted by Gasteiger charge is -2.58. The van der Waals surface area contributed by atoms with E-state index in [1.165, 1.54) is 44.9 Å². The molecule has 3 nitrogen and oxygen atoms in total. The van der Waals surface area contributed by atoms with Crippen LogP contribution in [0.15, 0.2) is 11.6 Å². The van der Waals surface area contributed by atoms with Crippen molar-refractivity contribution >= 4 is 0 Å². The Morgan fingerprint density at radius 3 is 2.67 bits per heavy atom. The first kappa shape index (κ1) is 20.2. The highest BCUT2D eigenvalue weighted by Gasteiger charge is 2.68. The van der Waals surface area contributed by atoms with Gasteiger partial charge in [-0.2, -0.15) is 0 Å². The number of hydrogen-bond donors (Lipinski definition) is 2. The standard InChI is InChI=1S/C27H43NO2/c1-16-7-12-27(28-15-16)17(2)24-23(30-27)14-22-20-6-5-18-13-19(29)8-10-25(18,3)21(20)9-11-26(22,24)4/h5,16-17,19-24,28-29H,6-15H2,1-4H3/t16?,17-,19-,20+,21-,22-,23-,24-,25-,26-,27?/m1/s1. The molecular formula is C27H43NO2. The zero-order chi connectivity index (χ0) is 20.9. The van der Waals surface area contributed by atoms with Crippen LogP contribution in [0.2, 0.25) is 0 Å². The molecule has 4 aliphatic carbocycles. The molecule has 0 amide bonds. The van der Waals surface area contributed by atoms with Crippen LogP contribution in [-0.4, -0.2) is 29.6 Å². The van der Waals surface area contributed by atoms with Gasteiger partial charge in [-0.25, -0.2) is 0 Å². The monoisotopic (exact) mass is 413 g/mol. The van der Waals surface area contributed by atoms with Crippen molar-refractivity contribution in [3.63, 3.8) is 0 Å². The highest BCUT2D eigenvalue weighted by atomic mass is 16.5. The molecule has 0 radical (unpaired) electrons. The Hall–Kier alpha value is -0.380. The summed E-state index contributed by atoms with van der Waals surface area (Å²) >= 11 is 0. The van der Waals surface area contributed by atoms with Gasteiger partial charge in [-0.3, -0.25) is 5.32 Å². The van der Waals surface area contributed by atoms with E-state index in [0.717, 1.165) is 49.0 Å². The number of allylic oxidation sites excluding steroid dienone is 1. The van der Waals surface area contributed by atoms with Gasteiger partial charge in [0.2, 0.25) is 0 Å². The van der Waals surface area contributed by atoms with Gasteiger partial charge in [-0.15, -0.1) is 0 Å². The molecular weight excluding hydrogens is 370 g/mol. The van der Waals surface area contributed by atoms with Gasteiger partial charge in [0.25, 0.3) is 0 Å². The Morgan fingerprint density at radius 2 is 1.90 bits per heavy atom. The van der Waals surface area contributed by atoms with Gasteiger partial charge in [-0.05, 0) is 98.2 Å². The predicted octanol–water partition coefficient (Wildman–Crippen LogP) is 5.29. The molecule has 0 aromatic heterocycles. The lowest BCUT2D eigenvalue weighted by molar-refractivity contribution is -0.115. The number of hydrogen-bond acceptors (Lipinski definition) is 3. The first-order valence-corrected chi connectivity index (χ1v) is 13.1. The molecule has 3 saturated carbocycles. The van der Waals surface area contributed by atoms with Crippen molar-refractivity contribution in [3.05, 3.63) is 11.6 Å². The molecule has 6 aliphatic rings. The van der Waals surface area contributed by atoms with Crippen molar-refractivity contribution in [2.75, 3.05) is 6.54 Å². The van der Waals surface area contributed by atoms with Crippen LogP contribution in [0.25, 0.3) is 0 Å². The van der Waals surface area contributed by atoms with Crippen molar-refractivity contribution in [1.29, 1.82) is 0 Å². The Bertz CT molecular complexity index is 739. The van der Waals surface area contributed by atoms with E-state index in [0.29, 0.717) is 22.9 Å². The number of nitrogens with one attached hydrogen (secondary N) is 1. The molecule has 5 fully saturated rings. The first-order valence-electron chi connectivity index (χ1n) is 13.1. The third-order valence-corrected chi connectivity index (χ3v) is 11.6. The van der Waals surface area contributed by atoms with Crippen molar-refractivity contribution in [2.24, 2.45) is 46.3 Å². The Balaban J connectivity index is 1.28. The molecule has 0 aromatic rings. The van der Waals surface area contributed by atoms with E-state index in [1.807, 2.05) is 0 Å². The van der Waals surface area contributed by atoms with Crippen LogP contribution >= 0.6 is 0 Å². The summed E-state index contributed by atoms with van der Waals surface area (Å²) in [5.41, 5.74) is 2.33. The van der Waals surface area contributed by atoms with Gasteiger partial charge in [0.1, 0.15) is 5.72 Å². The van der Waals surface area contributed by atoms with Crippen LogP contribution < -0.4 is 5.32 Å². The van der Waals surface area contributed by atoms with Crippen molar-refractivity contribution in [3.8, 4) is 0 Å². The van der Waals surface area contributed by atoms with Crippen LogP contribution in [0.1, 0.15) is 85.5 Å². The summed E-state index contributed by atoms with van der Waals surface area (Å²) in [7, 11) is 0. The van der Waals surface area contributed by atoms with Crippen molar-refractivity contribution in [1.82, 2.24) is 5.32 Å². The largest absolute Gasteiger partial charge is 0.393 e. The number of fused-ring (bicyclic) bond motifs is 7.